The van der Waals surface area contributed by atoms with Crippen LogP contribution in [-0.2, 0) is 6.42 Å². The summed E-state index contributed by atoms with van der Waals surface area (Å²) in [4.78, 5) is 0. The average molecular weight is 324 g/mol. The van der Waals surface area contributed by atoms with Crippen LogP contribution in [0.1, 0.15) is 5.56 Å². The molecule has 0 amide bonds. The molecule has 1 N–H and O–H groups in total. The van der Waals surface area contributed by atoms with E-state index in [1.54, 1.807) is 13.2 Å². The van der Waals surface area contributed by atoms with Gasteiger partial charge in [-0.3, -0.25) is 0 Å². The van der Waals surface area contributed by atoms with Crippen LogP contribution in [0.4, 0.5) is 5.69 Å². The van der Waals surface area contributed by atoms with Gasteiger partial charge in [-0.2, -0.15) is 0 Å². The minimum absolute atomic E-state index is 0.0714. The Morgan fingerprint density at radius 1 is 1.19 bits per heavy atom. The molecule has 0 spiro atoms. The molecular weight excluding hydrogens is 309 g/mol. The van der Waals surface area contributed by atoms with Crippen molar-refractivity contribution in [1.29, 1.82) is 0 Å². The highest BCUT2D eigenvalue weighted by atomic mass is 35.5. The number of methoxy groups -OCH3 is 1. The maximum Gasteiger partial charge on any atom is 0.142 e. The van der Waals surface area contributed by atoms with Crippen LogP contribution in [0.25, 0.3) is 0 Å². The van der Waals surface area contributed by atoms with E-state index < -0.39 is 0 Å². The fourth-order valence-electron chi connectivity index (χ4n) is 2.44. The Morgan fingerprint density at radius 2 is 1.95 bits per heavy atom. The number of nitrogens with one attached hydrogen (secondary N) is 1. The molecule has 1 atom stereocenters. The van der Waals surface area contributed by atoms with Gasteiger partial charge in [0.25, 0.3) is 0 Å². The van der Waals surface area contributed by atoms with E-state index in [2.05, 4.69) is 5.32 Å². The number of rotatable bonds is 4. The normalized spacial score (nSPS) is 16.2. The quantitative estimate of drug-likeness (QED) is 0.903. The Kier molecular flexibility index (Phi) is 4.13. The van der Waals surface area contributed by atoms with Gasteiger partial charge in [0.15, 0.2) is 0 Å². The Bertz CT molecular complexity index is 661. The first-order valence-corrected chi connectivity index (χ1v) is 7.44. The number of ether oxygens (including phenoxy) is 2. The minimum Gasteiger partial charge on any atom is -0.495 e. The highest BCUT2D eigenvalue weighted by Gasteiger charge is 2.23. The topological polar surface area (TPSA) is 30.5 Å². The Morgan fingerprint density at radius 3 is 2.76 bits per heavy atom. The predicted octanol–water partition coefficient (Wildman–Crippen LogP) is 4.42. The van der Waals surface area contributed by atoms with Crippen molar-refractivity contribution in [3.8, 4) is 11.5 Å². The number of fused-ring (bicyclic) bond motifs is 1. The summed E-state index contributed by atoms with van der Waals surface area (Å²) in [5.74, 6) is 1.67. The highest BCUT2D eigenvalue weighted by Crippen LogP contribution is 2.32. The van der Waals surface area contributed by atoms with Crippen LogP contribution in [0, 0.1) is 0 Å². The summed E-state index contributed by atoms with van der Waals surface area (Å²) in [5, 5.41) is 4.73. The van der Waals surface area contributed by atoms with Crippen LogP contribution in [0.2, 0.25) is 10.0 Å². The van der Waals surface area contributed by atoms with E-state index in [4.69, 9.17) is 32.7 Å². The van der Waals surface area contributed by atoms with Gasteiger partial charge < -0.3 is 14.8 Å². The van der Waals surface area contributed by atoms with E-state index in [0.717, 1.165) is 34.2 Å². The molecule has 0 aliphatic carbocycles. The monoisotopic (exact) mass is 323 g/mol. The van der Waals surface area contributed by atoms with Gasteiger partial charge in [0.05, 0.1) is 19.3 Å². The summed E-state index contributed by atoms with van der Waals surface area (Å²) >= 11 is 12.0. The van der Waals surface area contributed by atoms with Crippen molar-refractivity contribution in [2.75, 3.05) is 19.0 Å². The molecule has 110 valence electrons. The lowest BCUT2D eigenvalue weighted by atomic mass is 10.1. The van der Waals surface area contributed by atoms with E-state index in [1.807, 2.05) is 30.3 Å². The number of halogens is 2. The number of hydrogen-bond donors (Lipinski definition) is 1. The molecule has 0 radical (unpaired) electrons. The van der Waals surface area contributed by atoms with Gasteiger partial charge in [-0.1, -0.05) is 23.2 Å². The molecule has 1 aliphatic heterocycles. The van der Waals surface area contributed by atoms with Gasteiger partial charge >= 0.3 is 0 Å². The van der Waals surface area contributed by atoms with Gasteiger partial charge in [0, 0.05) is 16.5 Å². The van der Waals surface area contributed by atoms with Crippen LogP contribution in [0.3, 0.4) is 0 Å². The largest absolute Gasteiger partial charge is 0.495 e. The second-order valence-corrected chi connectivity index (χ2v) is 5.79. The molecule has 2 aromatic carbocycles. The molecule has 0 bridgehead atoms. The lowest BCUT2D eigenvalue weighted by Gasteiger charge is -2.15. The Hall–Kier alpha value is -1.58. The van der Waals surface area contributed by atoms with Gasteiger partial charge in [-0.15, -0.1) is 0 Å². The fraction of sp³-hybridized carbons (Fsp3) is 0.250. The number of hydrogen-bond acceptors (Lipinski definition) is 3. The molecule has 3 rings (SSSR count). The molecule has 2 aromatic rings. The summed E-state index contributed by atoms with van der Waals surface area (Å²) in [6, 6.07) is 11.2. The van der Waals surface area contributed by atoms with E-state index in [1.165, 1.54) is 0 Å². The predicted molar refractivity (Wildman–Crippen MR) is 86.1 cm³/mol. The maximum atomic E-state index is 6.02. The van der Waals surface area contributed by atoms with Crippen molar-refractivity contribution in [2.24, 2.45) is 0 Å². The first-order valence-electron chi connectivity index (χ1n) is 6.68. The second-order valence-electron chi connectivity index (χ2n) is 4.92. The summed E-state index contributed by atoms with van der Waals surface area (Å²) in [6.45, 7) is 0.670. The van der Waals surface area contributed by atoms with Gasteiger partial charge in [0.2, 0.25) is 0 Å². The van der Waals surface area contributed by atoms with Crippen molar-refractivity contribution >= 4 is 28.9 Å². The van der Waals surface area contributed by atoms with Gasteiger partial charge in [-0.05, 0) is 42.0 Å². The molecule has 0 fully saturated rings. The van der Waals surface area contributed by atoms with Crippen molar-refractivity contribution in [3.63, 3.8) is 0 Å². The summed E-state index contributed by atoms with van der Waals surface area (Å²) in [6.07, 6.45) is 0.911. The zero-order valence-corrected chi connectivity index (χ0v) is 13.0. The number of anilines is 1. The van der Waals surface area contributed by atoms with Crippen LogP contribution in [0.5, 0.6) is 11.5 Å². The summed E-state index contributed by atoms with van der Waals surface area (Å²) in [7, 11) is 1.64. The van der Waals surface area contributed by atoms with E-state index in [9.17, 15) is 0 Å². The molecular formula is C16H15Cl2NO2. The summed E-state index contributed by atoms with van der Waals surface area (Å²) in [5.41, 5.74) is 2.01. The molecule has 0 saturated carbocycles. The molecule has 1 aliphatic rings. The molecule has 3 nitrogen and oxygen atoms in total. The zero-order chi connectivity index (χ0) is 14.8. The van der Waals surface area contributed by atoms with E-state index in [-0.39, 0.29) is 6.10 Å². The Balaban J connectivity index is 1.66. The molecule has 1 heterocycles. The SMILES string of the molecule is COc1ccc(Cl)cc1NCC1Cc2cc(Cl)ccc2O1. The third-order valence-corrected chi connectivity index (χ3v) is 3.92. The van der Waals surface area contributed by atoms with Crippen LogP contribution in [0.15, 0.2) is 36.4 Å². The molecule has 0 aromatic heterocycles. The maximum absolute atomic E-state index is 6.02. The highest BCUT2D eigenvalue weighted by molar-refractivity contribution is 6.31. The van der Waals surface area contributed by atoms with Crippen molar-refractivity contribution in [2.45, 2.75) is 12.5 Å². The fourth-order valence-corrected chi connectivity index (χ4v) is 2.81. The lowest BCUT2D eigenvalue weighted by molar-refractivity contribution is 0.246. The third kappa shape index (κ3) is 3.20. The first-order chi connectivity index (χ1) is 10.2. The summed E-state index contributed by atoms with van der Waals surface area (Å²) < 4.78 is 11.2. The van der Waals surface area contributed by atoms with Crippen molar-refractivity contribution in [3.05, 3.63) is 52.0 Å². The molecule has 21 heavy (non-hydrogen) atoms. The standard InChI is InChI=1S/C16H15Cl2NO2/c1-20-16-5-3-12(18)8-14(16)19-9-13-7-10-6-11(17)2-4-15(10)21-13/h2-6,8,13,19H,7,9H2,1H3. The average Bonchev–Trinajstić information content (AvgIpc) is 2.87. The molecule has 1 unspecified atom stereocenters. The van der Waals surface area contributed by atoms with Crippen LogP contribution < -0.4 is 14.8 Å². The third-order valence-electron chi connectivity index (χ3n) is 3.45. The molecule has 0 saturated heterocycles. The van der Waals surface area contributed by atoms with Gasteiger partial charge in [-0.25, -0.2) is 0 Å². The molecule has 5 heteroatoms. The second kappa shape index (κ2) is 6.04. The van der Waals surface area contributed by atoms with Crippen LogP contribution >= 0.6 is 23.2 Å². The van der Waals surface area contributed by atoms with Crippen molar-refractivity contribution < 1.29 is 9.47 Å². The lowest BCUT2D eigenvalue weighted by Crippen LogP contribution is -2.24. The first kappa shape index (κ1) is 14.4. The number of benzene rings is 2. The van der Waals surface area contributed by atoms with Gasteiger partial charge in [0.1, 0.15) is 17.6 Å². The van der Waals surface area contributed by atoms with Crippen LogP contribution in [-0.4, -0.2) is 19.8 Å². The smallest absolute Gasteiger partial charge is 0.142 e. The van der Waals surface area contributed by atoms with E-state index >= 15 is 0 Å². The van der Waals surface area contributed by atoms with Crippen molar-refractivity contribution in [1.82, 2.24) is 0 Å². The zero-order valence-electron chi connectivity index (χ0n) is 11.5. The van der Waals surface area contributed by atoms with E-state index in [0.29, 0.717) is 11.6 Å². The Labute approximate surface area is 133 Å². The minimum atomic E-state index is 0.0714.